The fraction of sp³-hybridized carbons (Fsp3) is 0.318. The van der Waals surface area contributed by atoms with Gasteiger partial charge in [0.25, 0.3) is 0 Å². The third kappa shape index (κ3) is 3.90. The van der Waals surface area contributed by atoms with E-state index in [0.29, 0.717) is 5.56 Å². The van der Waals surface area contributed by atoms with Crippen LogP contribution in [0.1, 0.15) is 0 Å². The van der Waals surface area contributed by atoms with Crippen molar-refractivity contribution in [3.05, 3.63) is 52.9 Å². The molecule has 1 aliphatic rings. The molecule has 2 heterocycles. The summed E-state index contributed by atoms with van der Waals surface area (Å²) in [5.41, 5.74) is 0.639. The maximum Gasteiger partial charge on any atom is 0.229 e. The number of benzene rings is 2. The lowest BCUT2D eigenvalue weighted by Crippen LogP contribution is -2.60. The van der Waals surface area contributed by atoms with Gasteiger partial charge in [-0.25, -0.2) is 0 Å². The van der Waals surface area contributed by atoms with E-state index < -0.39 is 37.3 Å². The second-order valence-electron chi connectivity index (χ2n) is 7.34. The molecule has 0 saturated carbocycles. The van der Waals surface area contributed by atoms with Crippen LogP contribution in [0.4, 0.5) is 0 Å². The molecule has 2 aromatic carbocycles. The van der Waals surface area contributed by atoms with Gasteiger partial charge in [0.1, 0.15) is 42.0 Å². The lowest BCUT2D eigenvalue weighted by Gasteiger charge is -2.39. The number of phenols is 1. The van der Waals surface area contributed by atoms with E-state index in [4.69, 9.17) is 18.6 Å². The number of phenolic OH excluding ortho intramolecular Hbond substituents is 1. The Morgan fingerprint density at radius 1 is 1.03 bits per heavy atom. The number of methoxy groups -OCH3 is 1. The normalized spacial score (nSPS) is 25.6. The van der Waals surface area contributed by atoms with Crippen molar-refractivity contribution >= 4 is 11.0 Å². The van der Waals surface area contributed by atoms with Gasteiger partial charge in [-0.15, -0.1) is 0 Å². The fourth-order valence-electron chi connectivity index (χ4n) is 3.53. The minimum absolute atomic E-state index is 0.0589. The lowest BCUT2D eigenvalue weighted by molar-refractivity contribution is -0.277. The average Bonchev–Trinajstić information content (AvgIpc) is 2.80. The molecule has 5 N–H and O–H groups in total. The van der Waals surface area contributed by atoms with Gasteiger partial charge in [-0.3, -0.25) is 4.79 Å². The molecule has 170 valence electrons. The quantitative estimate of drug-likeness (QED) is 0.370. The molecule has 5 atom stereocenters. The molecule has 0 unspecified atom stereocenters. The van der Waals surface area contributed by atoms with E-state index in [1.165, 1.54) is 43.7 Å². The zero-order valence-corrected chi connectivity index (χ0v) is 16.9. The topological polar surface area (TPSA) is 159 Å². The molecular weight excluding hydrogens is 424 g/mol. The van der Waals surface area contributed by atoms with Crippen LogP contribution < -0.4 is 14.9 Å². The fourth-order valence-corrected chi connectivity index (χ4v) is 3.53. The van der Waals surface area contributed by atoms with Crippen molar-refractivity contribution in [3.8, 4) is 28.4 Å². The van der Waals surface area contributed by atoms with Crippen molar-refractivity contribution in [2.24, 2.45) is 0 Å². The summed E-state index contributed by atoms with van der Waals surface area (Å²) in [5.74, 6) is 0.325. The van der Waals surface area contributed by atoms with Crippen LogP contribution in [0.3, 0.4) is 0 Å². The van der Waals surface area contributed by atoms with Gasteiger partial charge in [0.15, 0.2) is 16.9 Å². The molecule has 0 spiro atoms. The number of fused-ring (bicyclic) bond motifs is 1. The van der Waals surface area contributed by atoms with E-state index in [1.54, 1.807) is 6.07 Å². The molecule has 0 amide bonds. The van der Waals surface area contributed by atoms with Gasteiger partial charge >= 0.3 is 0 Å². The molecule has 1 aromatic heterocycles. The van der Waals surface area contributed by atoms with Crippen LogP contribution >= 0.6 is 0 Å². The van der Waals surface area contributed by atoms with Crippen molar-refractivity contribution in [3.63, 3.8) is 0 Å². The van der Waals surface area contributed by atoms with Gasteiger partial charge in [0.05, 0.1) is 24.7 Å². The number of ether oxygens (including phenoxy) is 3. The van der Waals surface area contributed by atoms with Gasteiger partial charge in [-0.05, 0) is 29.8 Å². The Bertz CT molecular complexity index is 1170. The van der Waals surface area contributed by atoms with E-state index >= 15 is 0 Å². The predicted octanol–water partition coefficient (Wildman–Crippen LogP) is 0.353. The Morgan fingerprint density at radius 3 is 2.53 bits per heavy atom. The van der Waals surface area contributed by atoms with Crippen LogP contribution in [-0.2, 0) is 4.74 Å². The summed E-state index contributed by atoms with van der Waals surface area (Å²) in [6.45, 7) is -0.581. The number of aliphatic hydroxyl groups is 4. The molecule has 0 aliphatic carbocycles. The van der Waals surface area contributed by atoms with E-state index in [-0.39, 0.29) is 39.2 Å². The highest BCUT2D eigenvalue weighted by atomic mass is 16.7. The Labute approximate surface area is 181 Å². The second-order valence-corrected chi connectivity index (χ2v) is 7.34. The van der Waals surface area contributed by atoms with Gasteiger partial charge in [-0.1, -0.05) is 6.07 Å². The summed E-state index contributed by atoms with van der Waals surface area (Å²) >= 11 is 0. The molecule has 1 fully saturated rings. The third-order valence-electron chi connectivity index (χ3n) is 5.34. The van der Waals surface area contributed by atoms with Crippen LogP contribution in [0.25, 0.3) is 22.1 Å². The highest BCUT2D eigenvalue weighted by Crippen LogP contribution is 2.32. The van der Waals surface area contributed by atoms with Gasteiger partial charge < -0.3 is 44.2 Å². The summed E-state index contributed by atoms with van der Waals surface area (Å²) in [6.07, 6.45) is -5.84. The summed E-state index contributed by atoms with van der Waals surface area (Å²) in [5, 5.41) is 49.2. The standard InChI is InChI=1S/C22H22O10/c1-29-16-6-10(2-5-14(16)24)13-9-30-15-7-11(3-4-12(15)18(13)25)31-22-21(28)20(27)19(26)17(8-23)32-22/h2-7,9,17,19-24,26-28H,8H2,1H3/t17-,19-,20+,21-,22-/m1/s1. The molecule has 10 heteroatoms. The number of rotatable bonds is 5. The Balaban J connectivity index is 1.63. The molecule has 32 heavy (non-hydrogen) atoms. The first kappa shape index (κ1) is 22.1. The minimum Gasteiger partial charge on any atom is -0.504 e. The van der Waals surface area contributed by atoms with Gasteiger partial charge in [-0.2, -0.15) is 0 Å². The SMILES string of the molecule is COc1cc(-c2coc3cc(O[C@@H]4O[C@H](CO)[C@@H](O)[C@H](O)[C@H]4O)ccc3c2=O)ccc1O. The van der Waals surface area contributed by atoms with Crippen molar-refractivity contribution in [1.29, 1.82) is 0 Å². The number of aliphatic hydroxyl groups excluding tert-OH is 4. The van der Waals surface area contributed by atoms with Crippen molar-refractivity contribution in [1.82, 2.24) is 0 Å². The molecule has 3 aromatic rings. The van der Waals surface area contributed by atoms with Crippen LogP contribution in [0.2, 0.25) is 0 Å². The van der Waals surface area contributed by atoms with Gasteiger partial charge in [0.2, 0.25) is 6.29 Å². The predicted molar refractivity (Wildman–Crippen MR) is 111 cm³/mol. The number of hydrogen-bond donors (Lipinski definition) is 5. The van der Waals surface area contributed by atoms with Crippen LogP contribution in [0, 0.1) is 0 Å². The Hall–Kier alpha value is -3.15. The Kier molecular flexibility index (Phi) is 6.04. The largest absolute Gasteiger partial charge is 0.504 e. The maximum atomic E-state index is 13.0. The van der Waals surface area contributed by atoms with E-state index in [0.717, 1.165) is 0 Å². The zero-order valence-electron chi connectivity index (χ0n) is 16.9. The summed E-state index contributed by atoms with van der Waals surface area (Å²) < 4.78 is 21.6. The summed E-state index contributed by atoms with van der Waals surface area (Å²) in [6, 6.07) is 8.84. The first-order chi connectivity index (χ1) is 15.3. The second kappa shape index (κ2) is 8.77. The van der Waals surface area contributed by atoms with Crippen LogP contribution in [0.15, 0.2) is 51.9 Å². The average molecular weight is 446 g/mol. The third-order valence-corrected chi connectivity index (χ3v) is 5.34. The molecule has 0 radical (unpaired) electrons. The monoisotopic (exact) mass is 446 g/mol. The van der Waals surface area contributed by atoms with E-state index in [2.05, 4.69) is 0 Å². The molecule has 0 bridgehead atoms. The van der Waals surface area contributed by atoms with E-state index in [9.17, 15) is 30.3 Å². The molecule has 1 saturated heterocycles. The lowest BCUT2D eigenvalue weighted by atomic mass is 9.99. The van der Waals surface area contributed by atoms with Crippen LogP contribution in [-0.4, -0.2) is 70.0 Å². The Morgan fingerprint density at radius 2 is 1.81 bits per heavy atom. The number of aromatic hydroxyl groups is 1. The molecule has 10 nitrogen and oxygen atoms in total. The maximum absolute atomic E-state index is 13.0. The van der Waals surface area contributed by atoms with Gasteiger partial charge in [0, 0.05) is 6.07 Å². The molecule has 1 aliphatic heterocycles. The number of hydrogen-bond acceptors (Lipinski definition) is 10. The highest BCUT2D eigenvalue weighted by Gasteiger charge is 2.44. The highest BCUT2D eigenvalue weighted by molar-refractivity contribution is 5.83. The van der Waals surface area contributed by atoms with Crippen molar-refractivity contribution in [2.75, 3.05) is 13.7 Å². The smallest absolute Gasteiger partial charge is 0.229 e. The first-order valence-electron chi connectivity index (χ1n) is 9.74. The summed E-state index contributed by atoms with van der Waals surface area (Å²) in [7, 11) is 1.40. The van der Waals surface area contributed by atoms with E-state index in [1.807, 2.05) is 0 Å². The minimum atomic E-state index is -1.57. The summed E-state index contributed by atoms with van der Waals surface area (Å²) in [4.78, 5) is 13.0. The van der Waals surface area contributed by atoms with Crippen molar-refractivity contribution < 1.29 is 44.2 Å². The molecule has 4 rings (SSSR count). The van der Waals surface area contributed by atoms with Crippen molar-refractivity contribution in [2.45, 2.75) is 30.7 Å². The van der Waals surface area contributed by atoms with Crippen LogP contribution in [0.5, 0.6) is 17.2 Å². The first-order valence-corrected chi connectivity index (χ1v) is 9.74. The molecular formula is C22H22O10. The zero-order chi connectivity index (χ0) is 23.0.